The van der Waals surface area contributed by atoms with Gasteiger partial charge in [-0.05, 0) is 62.1 Å². The molecule has 1 amide bonds. The van der Waals surface area contributed by atoms with Gasteiger partial charge in [0.2, 0.25) is 5.91 Å². The van der Waals surface area contributed by atoms with Gasteiger partial charge in [0.15, 0.2) is 0 Å². The molecule has 0 saturated carbocycles. The second-order valence-corrected chi connectivity index (χ2v) is 7.28. The van der Waals surface area contributed by atoms with E-state index in [1.165, 1.54) is 44.7 Å². The number of carbonyl (C=O) groups is 1. The number of nitrogens with zero attached hydrogens (tertiary/aromatic N) is 1. The van der Waals surface area contributed by atoms with Crippen molar-refractivity contribution < 1.29 is 9.18 Å². The summed E-state index contributed by atoms with van der Waals surface area (Å²) in [6, 6.07) is 7.83. The lowest BCUT2D eigenvalue weighted by Gasteiger charge is -2.39. The van der Waals surface area contributed by atoms with Crippen LogP contribution in [0.1, 0.15) is 57.6 Å². The van der Waals surface area contributed by atoms with Crippen molar-refractivity contribution in [1.82, 2.24) is 10.2 Å². The summed E-state index contributed by atoms with van der Waals surface area (Å²) in [6.07, 6.45) is 8.29. The summed E-state index contributed by atoms with van der Waals surface area (Å²) in [5.74, 6) is 0.446. The first-order chi connectivity index (χ1) is 11.6. The molecule has 4 heteroatoms. The Morgan fingerprint density at radius 3 is 2.67 bits per heavy atom. The average molecular weight is 331 g/mol. The van der Waals surface area contributed by atoms with Gasteiger partial charge in [-0.25, -0.2) is 4.39 Å². The highest BCUT2D eigenvalue weighted by atomic mass is 19.1. The van der Waals surface area contributed by atoms with E-state index in [1.54, 1.807) is 6.07 Å². The van der Waals surface area contributed by atoms with E-state index in [0.717, 1.165) is 24.4 Å². The average Bonchev–Trinajstić information content (AvgIpc) is 2.79. The maximum Gasteiger partial charge on any atom is 0.217 e. The number of amides is 1. The van der Waals surface area contributed by atoms with Gasteiger partial charge in [0, 0.05) is 25.6 Å². The Morgan fingerprint density at radius 2 is 2.08 bits per heavy atom. The maximum atomic E-state index is 13.5. The molecule has 24 heavy (non-hydrogen) atoms. The summed E-state index contributed by atoms with van der Waals surface area (Å²) in [7, 11) is 0. The summed E-state index contributed by atoms with van der Waals surface area (Å²) >= 11 is 0. The third-order valence-corrected chi connectivity index (χ3v) is 5.70. The van der Waals surface area contributed by atoms with Crippen molar-refractivity contribution in [3.63, 3.8) is 0 Å². The molecule has 2 aliphatic rings. The lowest BCUT2D eigenvalue weighted by atomic mass is 9.88. The Bertz CT molecular complexity index is 563. The molecule has 2 fully saturated rings. The minimum absolute atomic E-state index is 0.0634. The van der Waals surface area contributed by atoms with Crippen molar-refractivity contribution in [3.8, 4) is 0 Å². The van der Waals surface area contributed by atoms with Crippen molar-refractivity contribution in [1.29, 1.82) is 0 Å². The minimum atomic E-state index is -0.248. The Kier molecular flexibility index (Phi) is 5.54. The zero-order valence-corrected chi connectivity index (χ0v) is 14.7. The Labute approximate surface area is 144 Å². The molecule has 2 aliphatic heterocycles. The van der Waals surface area contributed by atoms with Crippen LogP contribution in [0.25, 0.3) is 0 Å². The minimum Gasteiger partial charge on any atom is -0.349 e. The fraction of sp³-hybridized carbons (Fsp3) is 0.600. The van der Waals surface area contributed by atoms with Crippen molar-refractivity contribution >= 4 is 5.91 Å². The number of nitrogens with one attached hydrogen (secondary N) is 1. The first-order valence-electron chi connectivity index (χ1n) is 9.14. The number of hydrogen-bond acceptors (Lipinski definition) is 2. The highest BCUT2D eigenvalue weighted by Gasteiger charge is 2.39. The SMILES string of the molecule is C[CH]C1CC2CCC(C1)N2CC[C@H](NC(C)=O)c1cccc(F)c1. The Hall–Kier alpha value is -1.42. The number of carbonyl (C=O) groups excluding carboxylic acids is 1. The van der Waals surface area contributed by atoms with E-state index in [2.05, 4.69) is 23.6 Å². The van der Waals surface area contributed by atoms with E-state index in [4.69, 9.17) is 0 Å². The maximum absolute atomic E-state index is 13.5. The van der Waals surface area contributed by atoms with Gasteiger partial charge >= 0.3 is 0 Å². The molecule has 2 bridgehead atoms. The quantitative estimate of drug-likeness (QED) is 0.858. The molecule has 3 atom stereocenters. The van der Waals surface area contributed by atoms with E-state index in [1.807, 2.05) is 6.07 Å². The van der Waals surface area contributed by atoms with E-state index in [-0.39, 0.29) is 17.8 Å². The molecule has 2 unspecified atom stereocenters. The third kappa shape index (κ3) is 3.97. The van der Waals surface area contributed by atoms with Gasteiger partial charge in [-0.2, -0.15) is 0 Å². The molecule has 3 rings (SSSR count). The van der Waals surface area contributed by atoms with Crippen LogP contribution in [0.15, 0.2) is 24.3 Å². The summed E-state index contributed by atoms with van der Waals surface area (Å²) < 4.78 is 13.5. The van der Waals surface area contributed by atoms with Gasteiger partial charge < -0.3 is 5.32 Å². The van der Waals surface area contributed by atoms with Crippen LogP contribution < -0.4 is 5.32 Å². The van der Waals surface area contributed by atoms with Crippen LogP contribution in [0, 0.1) is 18.2 Å². The van der Waals surface area contributed by atoms with Crippen LogP contribution in [-0.2, 0) is 4.79 Å². The summed E-state index contributed by atoms with van der Waals surface area (Å²) in [6.45, 7) is 4.67. The smallest absolute Gasteiger partial charge is 0.217 e. The normalized spacial score (nSPS) is 27.9. The highest BCUT2D eigenvalue weighted by Crippen LogP contribution is 2.40. The standard InChI is InChI=1S/C20H28FN2O/c1-3-15-11-18-7-8-19(12-15)23(18)10-9-20(22-14(2)24)16-5-4-6-17(21)13-16/h3-6,13,15,18-20H,7-12H2,1-2H3,(H,22,24)/t15?,18?,19?,20-/m0/s1. The van der Waals surface area contributed by atoms with Crippen LogP contribution in [0.2, 0.25) is 0 Å². The summed E-state index contributed by atoms with van der Waals surface area (Å²) in [5, 5.41) is 2.99. The highest BCUT2D eigenvalue weighted by molar-refractivity contribution is 5.73. The van der Waals surface area contributed by atoms with Gasteiger partial charge in [0.1, 0.15) is 5.82 Å². The second kappa shape index (κ2) is 7.64. The molecular formula is C20H28FN2O. The zero-order valence-electron chi connectivity index (χ0n) is 14.7. The molecule has 2 saturated heterocycles. The first-order valence-corrected chi connectivity index (χ1v) is 9.14. The largest absolute Gasteiger partial charge is 0.349 e. The molecule has 0 aliphatic carbocycles. The molecule has 0 aromatic heterocycles. The molecular weight excluding hydrogens is 303 g/mol. The monoisotopic (exact) mass is 331 g/mol. The molecule has 1 radical (unpaired) electrons. The van der Waals surface area contributed by atoms with Gasteiger partial charge in [0.05, 0.1) is 6.04 Å². The number of hydrogen-bond donors (Lipinski definition) is 1. The first kappa shape index (κ1) is 17.4. The fourth-order valence-electron chi connectivity index (χ4n) is 4.52. The zero-order chi connectivity index (χ0) is 17.1. The van der Waals surface area contributed by atoms with E-state index in [9.17, 15) is 9.18 Å². The van der Waals surface area contributed by atoms with E-state index in [0.29, 0.717) is 12.1 Å². The van der Waals surface area contributed by atoms with E-state index >= 15 is 0 Å². The van der Waals surface area contributed by atoms with Crippen LogP contribution in [0.3, 0.4) is 0 Å². The predicted molar refractivity (Wildman–Crippen MR) is 93.8 cm³/mol. The van der Waals surface area contributed by atoms with Gasteiger partial charge in [-0.3, -0.25) is 9.69 Å². The van der Waals surface area contributed by atoms with Crippen LogP contribution in [0.4, 0.5) is 4.39 Å². The number of fused-ring (bicyclic) bond motifs is 2. The molecule has 3 nitrogen and oxygen atoms in total. The second-order valence-electron chi connectivity index (χ2n) is 7.28. The lowest BCUT2D eigenvalue weighted by molar-refractivity contribution is -0.119. The van der Waals surface area contributed by atoms with Crippen molar-refractivity contribution in [2.24, 2.45) is 5.92 Å². The van der Waals surface area contributed by atoms with Gasteiger partial charge in [-0.15, -0.1) is 0 Å². The van der Waals surface area contributed by atoms with Crippen LogP contribution in [0.5, 0.6) is 0 Å². The van der Waals surface area contributed by atoms with Gasteiger partial charge in [0.25, 0.3) is 0 Å². The molecule has 1 aromatic rings. The molecule has 131 valence electrons. The fourth-order valence-corrected chi connectivity index (χ4v) is 4.52. The molecule has 2 heterocycles. The summed E-state index contributed by atoms with van der Waals surface area (Å²) in [4.78, 5) is 14.2. The van der Waals surface area contributed by atoms with Crippen LogP contribution in [-0.4, -0.2) is 29.4 Å². The number of piperidine rings is 1. The number of rotatable bonds is 6. The van der Waals surface area contributed by atoms with Crippen molar-refractivity contribution in [2.45, 2.75) is 64.1 Å². The molecule has 1 aromatic carbocycles. The lowest BCUT2D eigenvalue weighted by Crippen LogP contribution is -2.44. The predicted octanol–water partition coefficient (Wildman–Crippen LogP) is 3.86. The van der Waals surface area contributed by atoms with Crippen molar-refractivity contribution in [2.75, 3.05) is 6.54 Å². The topological polar surface area (TPSA) is 32.3 Å². The Balaban J connectivity index is 1.65. The van der Waals surface area contributed by atoms with Gasteiger partial charge in [-0.1, -0.05) is 19.1 Å². The van der Waals surface area contributed by atoms with Crippen molar-refractivity contribution in [3.05, 3.63) is 42.1 Å². The number of benzene rings is 1. The molecule has 1 N–H and O–H groups in total. The van der Waals surface area contributed by atoms with E-state index < -0.39 is 0 Å². The summed E-state index contributed by atoms with van der Waals surface area (Å²) in [5.41, 5.74) is 0.856. The Morgan fingerprint density at radius 1 is 1.38 bits per heavy atom. The molecule has 0 spiro atoms. The number of halogens is 1. The third-order valence-electron chi connectivity index (χ3n) is 5.70. The van der Waals surface area contributed by atoms with Crippen LogP contribution >= 0.6 is 0 Å².